The quantitative estimate of drug-likeness (QED) is 0.735. The van der Waals surface area contributed by atoms with Crippen LogP contribution in [0.4, 0.5) is 0 Å². The van der Waals surface area contributed by atoms with E-state index in [9.17, 15) is 0 Å². The van der Waals surface area contributed by atoms with E-state index in [0.29, 0.717) is 12.0 Å². The van der Waals surface area contributed by atoms with E-state index in [0.717, 1.165) is 24.3 Å². The van der Waals surface area contributed by atoms with Crippen LogP contribution in [-0.4, -0.2) is 11.1 Å². The lowest BCUT2D eigenvalue weighted by molar-refractivity contribution is 0.148. The smallest absolute Gasteiger partial charge is 0.213 e. The van der Waals surface area contributed by atoms with Crippen molar-refractivity contribution in [2.24, 2.45) is 0 Å². The lowest BCUT2D eigenvalue weighted by Crippen LogP contribution is -2.20. The topological polar surface area (TPSA) is 22.1 Å². The van der Waals surface area contributed by atoms with Crippen LogP contribution in [0.25, 0.3) is 0 Å². The molecule has 1 aliphatic rings. The zero-order chi connectivity index (χ0) is 10.5. The summed E-state index contributed by atoms with van der Waals surface area (Å²) in [5.41, 5.74) is 1.07. The Labute approximate surface area is 95.6 Å². The minimum Gasteiger partial charge on any atom is -0.474 e. The van der Waals surface area contributed by atoms with Crippen molar-refractivity contribution in [1.29, 1.82) is 0 Å². The Hall–Kier alpha value is -0.760. The molecule has 0 unspecified atom stereocenters. The van der Waals surface area contributed by atoms with Crippen LogP contribution in [-0.2, 0) is 5.88 Å². The monoisotopic (exact) mass is 225 g/mol. The van der Waals surface area contributed by atoms with Crippen LogP contribution in [0.3, 0.4) is 0 Å². The molecule has 1 saturated carbocycles. The molecule has 1 aromatic rings. The highest BCUT2D eigenvalue weighted by atomic mass is 35.5. The lowest BCUT2D eigenvalue weighted by atomic mass is 9.98. The Morgan fingerprint density at radius 1 is 1.33 bits per heavy atom. The SMILES string of the molecule is ClCc1ccnc(OC2CCCCC2)c1. The summed E-state index contributed by atoms with van der Waals surface area (Å²) in [6.07, 6.45) is 8.33. The van der Waals surface area contributed by atoms with Gasteiger partial charge in [-0.1, -0.05) is 6.42 Å². The molecule has 1 fully saturated rings. The van der Waals surface area contributed by atoms with Gasteiger partial charge in [0.25, 0.3) is 0 Å². The molecule has 0 bridgehead atoms. The standard InChI is InChI=1S/C12H16ClNO/c13-9-10-6-7-14-12(8-10)15-11-4-2-1-3-5-11/h6-8,11H,1-5,9H2. The number of hydrogen-bond donors (Lipinski definition) is 0. The summed E-state index contributed by atoms with van der Waals surface area (Å²) in [6, 6.07) is 3.85. The van der Waals surface area contributed by atoms with Crippen molar-refractivity contribution in [3.8, 4) is 5.88 Å². The Balaban J connectivity index is 1.96. The molecule has 15 heavy (non-hydrogen) atoms. The molecular formula is C12H16ClNO. The first-order valence-corrected chi connectivity index (χ1v) is 6.09. The molecule has 1 aromatic heterocycles. The third-order valence-electron chi connectivity index (χ3n) is 2.79. The molecule has 3 heteroatoms. The zero-order valence-corrected chi connectivity index (χ0v) is 9.54. The number of nitrogens with zero attached hydrogens (tertiary/aromatic N) is 1. The first-order valence-electron chi connectivity index (χ1n) is 5.56. The van der Waals surface area contributed by atoms with Gasteiger partial charge in [-0.15, -0.1) is 11.6 Å². The van der Waals surface area contributed by atoms with E-state index in [4.69, 9.17) is 16.3 Å². The molecule has 0 radical (unpaired) electrons. The Kier molecular flexibility index (Phi) is 3.84. The Morgan fingerprint density at radius 2 is 2.13 bits per heavy atom. The van der Waals surface area contributed by atoms with Gasteiger partial charge in [-0.05, 0) is 37.3 Å². The van der Waals surface area contributed by atoms with E-state index in [-0.39, 0.29) is 0 Å². The first kappa shape index (κ1) is 10.7. The van der Waals surface area contributed by atoms with Gasteiger partial charge >= 0.3 is 0 Å². The number of ether oxygens (including phenoxy) is 1. The summed E-state index contributed by atoms with van der Waals surface area (Å²) in [4.78, 5) is 4.20. The van der Waals surface area contributed by atoms with Crippen molar-refractivity contribution in [1.82, 2.24) is 4.98 Å². The van der Waals surface area contributed by atoms with Gasteiger partial charge < -0.3 is 4.74 Å². The molecular weight excluding hydrogens is 210 g/mol. The molecule has 2 nitrogen and oxygen atoms in total. The average molecular weight is 226 g/mol. The fraction of sp³-hybridized carbons (Fsp3) is 0.583. The highest BCUT2D eigenvalue weighted by molar-refractivity contribution is 6.17. The minimum atomic E-state index is 0.358. The molecule has 2 rings (SSSR count). The molecule has 1 aliphatic carbocycles. The normalized spacial score (nSPS) is 17.7. The highest BCUT2D eigenvalue weighted by Gasteiger charge is 2.15. The van der Waals surface area contributed by atoms with Crippen molar-refractivity contribution in [3.05, 3.63) is 23.9 Å². The fourth-order valence-electron chi connectivity index (χ4n) is 1.95. The van der Waals surface area contributed by atoms with Gasteiger partial charge in [0.15, 0.2) is 0 Å². The lowest BCUT2D eigenvalue weighted by Gasteiger charge is -2.22. The van der Waals surface area contributed by atoms with Crippen molar-refractivity contribution < 1.29 is 4.74 Å². The molecule has 82 valence electrons. The van der Waals surface area contributed by atoms with Crippen LogP contribution >= 0.6 is 11.6 Å². The minimum absolute atomic E-state index is 0.358. The van der Waals surface area contributed by atoms with Crippen LogP contribution in [0.5, 0.6) is 5.88 Å². The number of hydrogen-bond acceptors (Lipinski definition) is 2. The van der Waals surface area contributed by atoms with Gasteiger partial charge in [-0.25, -0.2) is 4.98 Å². The number of aromatic nitrogens is 1. The van der Waals surface area contributed by atoms with Gasteiger partial charge in [0.1, 0.15) is 6.10 Å². The van der Waals surface area contributed by atoms with E-state index in [1.165, 1.54) is 19.3 Å². The number of pyridine rings is 1. The van der Waals surface area contributed by atoms with Gasteiger partial charge in [-0.2, -0.15) is 0 Å². The molecule has 0 saturated heterocycles. The second-order valence-corrected chi connectivity index (χ2v) is 4.28. The van der Waals surface area contributed by atoms with E-state index in [1.54, 1.807) is 6.20 Å². The number of halogens is 1. The van der Waals surface area contributed by atoms with Crippen LogP contribution in [0, 0.1) is 0 Å². The molecule has 1 heterocycles. The van der Waals surface area contributed by atoms with Crippen molar-refractivity contribution >= 4 is 11.6 Å². The first-order chi connectivity index (χ1) is 7.38. The van der Waals surface area contributed by atoms with Gasteiger partial charge in [0, 0.05) is 18.1 Å². The van der Waals surface area contributed by atoms with Crippen LogP contribution in [0.1, 0.15) is 37.7 Å². The van der Waals surface area contributed by atoms with Crippen LogP contribution < -0.4 is 4.74 Å². The maximum atomic E-state index is 5.83. The largest absolute Gasteiger partial charge is 0.474 e. The fourth-order valence-corrected chi connectivity index (χ4v) is 2.12. The summed E-state index contributed by atoms with van der Waals surface area (Å²) in [6.45, 7) is 0. The Bertz CT molecular complexity index is 310. The summed E-state index contributed by atoms with van der Waals surface area (Å²) in [7, 11) is 0. The summed E-state index contributed by atoms with van der Waals surface area (Å²) in [5.74, 6) is 1.24. The average Bonchev–Trinajstić information content (AvgIpc) is 2.31. The molecule has 0 spiro atoms. The Morgan fingerprint density at radius 3 is 2.87 bits per heavy atom. The van der Waals surface area contributed by atoms with E-state index in [2.05, 4.69) is 4.98 Å². The second-order valence-electron chi connectivity index (χ2n) is 4.01. The summed E-state index contributed by atoms with van der Waals surface area (Å²) in [5, 5.41) is 0. The maximum absolute atomic E-state index is 5.83. The predicted octanol–water partition coefficient (Wildman–Crippen LogP) is 3.53. The number of alkyl halides is 1. The van der Waals surface area contributed by atoms with Gasteiger partial charge in [0.05, 0.1) is 0 Å². The third kappa shape index (κ3) is 3.10. The number of rotatable bonds is 3. The third-order valence-corrected chi connectivity index (χ3v) is 3.10. The summed E-state index contributed by atoms with van der Waals surface area (Å²) >= 11 is 5.76. The van der Waals surface area contributed by atoms with Gasteiger partial charge in [0.2, 0.25) is 5.88 Å². The predicted molar refractivity (Wildman–Crippen MR) is 61.3 cm³/mol. The van der Waals surface area contributed by atoms with E-state index in [1.807, 2.05) is 12.1 Å². The molecule has 0 atom stereocenters. The summed E-state index contributed by atoms with van der Waals surface area (Å²) < 4.78 is 5.83. The van der Waals surface area contributed by atoms with E-state index >= 15 is 0 Å². The van der Waals surface area contributed by atoms with Gasteiger partial charge in [-0.3, -0.25) is 0 Å². The molecule has 0 amide bonds. The van der Waals surface area contributed by atoms with Crippen molar-refractivity contribution in [3.63, 3.8) is 0 Å². The van der Waals surface area contributed by atoms with Crippen LogP contribution in [0.15, 0.2) is 18.3 Å². The molecule has 0 aliphatic heterocycles. The van der Waals surface area contributed by atoms with Crippen LogP contribution in [0.2, 0.25) is 0 Å². The molecule has 0 N–H and O–H groups in total. The molecule has 0 aromatic carbocycles. The second kappa shape index (κ2) is 5.36. The highest BCUT2D eigenvalue weighted by Crippen LogP contribution is 2.22. The van der Waals surface area contributed by atoms with Crippen molar-refractivity contribution in [2.45, 2.75) is 44.1 Å². The maximum Gasteiger partial charge on any atom is 0.213 e. The van der Waals surface area contributed by atoms with E-state index < -0.39 is 0 Å². The zero-order valence-electron chi connectivity index (χ0n) is 8.79. The van der Waals surface area contributed by atoms with Crippen molar-refractivity contribution in [2.75, 3.05) is 0 Å².